The number of nitrogens with one attached hydrogen (secondary N) is 1. The van der Waals surface area contributed by atoms with Crippen LogP contribution >= 0.6 is 0 Å². The molecule has 132 valence electrons. The van der Waals surface area contributed by atoms with Crippen molar-refractivity contribution in [2.45, 2.75) is 106 Å². The maximum atomic E-state index is 3.88. The Labute approximate surface area is 141 Å². The summed E-state index contributed by atoms with van der Waals surface area (Å²) in [5, 5.41) is 3.88. The van der Waals surface area contributed by atoms with Crippen molar-refractivity contribution in [3.8, 4) is 0 Å². The Morgan fingerprint density at radius 3 is 2.27 bits per heavy atom. The molecule has 0 aromatic heterocycles. The molecule has 0 amide bonds. The summed E-state index contributed by atoms with van der Waals surface area (Å²) in [5.41, 5.74) is 0.887. The van der Waals surface area contributed by atoms with Gasteiger partial charge >= 0.3 is 0 Å². The van der Waals surface area contributed by atoms with Crippen LogP contribution in [0.4, 0.5) is 0 Å². The van der Waals surface area contributed by atoms with Crippen molar-refractivity contribution in [1.29, 1.82) is 0 Å². The number of hydrogen-bond acceptors (Lipinski definition) is 1. The van der Waals surface area contributed by atoms with Gasteiger partial charge in [-0.05, 0) is 54.9 Å². The van der Waals surface area contributed by atoms with Crippen LogP contribution in [0.3, 0.4) is 0 Å². The van der Waals surface area contributed by atoms with Gasteiger partial charge in [0.1, 0.15) is 0 Å². The Kier molecular flexibility index (Phi) is 7.92. The molecule has 0 heterocycles. The van der Waals surface area contributed by atoms with Crippen LogP contribution in [0, 0.1) is 22.7 Å². The summed E-state index contributed by atoms with van der Waals surface area (Å²) in [6, 6.07) is 0.703. The average Bonchev–Trinajstić information content (AvgIpc) is 2.46. The minimum atomic E-state index is 0.408. The summed E-state index contributed by atoms with van der Waals surface area (Å²) in [4.78, 5) is 0. The van der Waals surface area contributed by atoms with E-state index >= 15 is 0 Å². The first-order valence-corrected chi connectivity index (χ1v) is 9.94. The molecular weight excluding hydrogens is 266 g/mol. The summed E-state index contributed by atoms with van der Waals surface area (Å²) in [5.74, 6) is 1.65. The molecule has 0 radical (unpaired) electrons. The molecule has 1 heteroatoms. The highest BCUT2D eigenvalue weighted by Gasteiger charge is 2.37. The third kappa shape index (κ3) is 5.55. The third-order valence-corrected chi connectivity index (χ3v) is 6.89. The van der Waals surface area contributed by atoms with Gasteiger partial charge in [0.25, 0.3) is 0 Å². The van der Waals surface area contributed by atoms with E-state index in [1.54, 1.807) is 0 Å². The number of rotatable bonds is 3. The quantitative estimate of drug-likeness (QED) is 0.634. The van der Waals surface area contributed by atoms with Gasteiger partial charge in [-0.15, -0.1) is 0 Å². The Bertz CT molecular complexity index is 304. The van der Waals surface area contributed by atoms with Gasteiger partial charge in [0.15, 0.2) is 0 Å². The zero-order chi connectivity index (χ0) is 16.8. The molecule has 4 atom stereocenters. The molecule has 1 aliphatic carbocycles. The van der Waals surface area contributed by atoms with Gasteiger partial charge in [-0.25, -0.2) is 0 Å². The van der Waals surface area contributed by atoms with E-state index in [0.717, 1.165) is 11.8 Å². The van der Waals surface area contributed by atoms with Crippen molar-refractivity contribution in [2.75, 3.05) is 6.54 Å². The molecular formula is C21H43N. The fraction of sp³-hybridized carbons (Fsp3) is 1.00. The van der Waals surface area contributed by atoms with Gasteiger partial charge in [-0.1, -0.05) is 74.1 Å². The molecule has 22 heavy (non-hydrogen) atoms. The van der Waals surface area contributed by atoms with Crippen LogP contribution < -0.4 is 5.32 Å². The fourth-order valence-corrected chi connectivity index (χ4v) is 4.05. The zero-order valence-corrected chi connectivity index (χ0v) is 16.6. The second-order valence-electron chi connectivity index (χ2n) is 9.35. The molecule has 1 N–H and O–H groups in total. The van der Waals surface area contributed by atoms with Gasteiger partial charge in [0, 0.05) is 6.04 Å². The highest BCUT2D eigenvalue weighted by molar-refractivity contribution is 4.89. The molecule has 0 bridgehead atoms. The SMILES string of the molecule is CCCNC1CCC(C)(C(C)(C)C)CCCCC[C@@H](C)C1C. The van der Waals surface area contributed by atoms with Crippen molar-refractivity contribution in [1.82, 2.24) is 5.32 Å². The lowest BCUT2D eigenvalue weighted by Crippen LogP contribution is -2.41. The third-order valence-electron chi connectivity index (χ3n) is 6.89. The van der Waals surface area contributed by atoms with Crippen molar-refractivity contribution >= 4 is 0 Å². The molecule has 0 spiro atoms. The predicted molar refractivity (Wildman–Crippen MR) is 100 cm³/mol. The van der Waals surface area contributed by atoms with E-state index in [1.165, 1.54) is 57.9 Å². The molecule has 1 fully saturated rings. The Hall–Kier alpha value is -0.0400. The van der Waals surface area contributed by atoms with Crippen molar-refractivity contribution < 1.29 is 0 Å². The zero-order valence-electron chi connectivity index (χ0n) is 16.6. The minimum Gasteiger partial charge on any atom is -0.314 e. The summed E-state index contributed by atoms with van der Waals surface area (Å²) >= 11 is 0. The predicted octanol–water partition coefficient (Wildman–Crippen LogP) is 6.42. The summed E-state index contributed by atoms with van der Waals surface area (Å²) in [6.07, 6.45) is 11.0. The maximum Gasteiger partial charge on any atom is 0.00954 e. The van der Waals surface area contributed by atoms with Gasteiger partial charge in [0.05, 0.1) is 0 Å². The molecule has 0 saturated heterocycles. The second-order valence-corrected chi connectivity index (χ2v) is 9.35. The van der Waals surface area contributed by atoms with Crippen LogP contribution in [0.1, 0.15) is 99.8 Å². The molecule has 1 aliphatic rings. The van der Waals surface area contributed by atoms with Crippen LogP contribution in [-0.2, 0) is 0 Å². The number of hydrogen-bond donors (Lipinski definition) is 1. The summed E-state index contributed by atoms with van der Waals surface area (Å²) in [6.45, 7) is 18.3. The van der Waals surface area contributed by atoms with Gasteiger partial charge in [0.2, 0.25) is 0 Å². The van der Waals surface area contributed by atoms with E-state index in [4.69, 9.17) is 0 Å². The van der Waals surface area contributed by atoms with Crippen LogP contribution in [-0.4, -0.2) is 12.6 Å². The monoisotopic (exact) mass is 309 g/mol. The highest BCUT2D eigenvalue weighted by atomic mass is 14.9. The smallest absolute Gasteiger partial charge is 0.00954 e. The first kappa shape index (κ1) is 20.0. The van der Waals surface area contributed by atoms with Crippen molar-refractivity contribution in [2.24, 2.45) is 22.7 Å². The van der Waals surface area contributed by atoms with Crippen LogP contribution in [0.2, 0.25) is 0 Å². The van der Waals surface area contributed by atoms with Gasteiger partial charge in [-0.2, -0.15) is 0 Å². The molecule has 1 nitrogen and oxygen atoms in total. The topological polar surface area (TPSA) is 12.0 Å². The van der Waals surface area contributed by atoms with Crippen LogP contribution in [0.25, 0.3) is 0 Å². The molecule has 3 unspecified atom stereocenters. The van der Waals surface area contributed by atoms with E-state index in [2.05, 4.69) is 53.8 Å². The first-order chi connectivity index (χ1) is 10.2. The van der Waals surface area contributed by atoms with E-state index < -0.39 is 0 Å². The lowest BCUT2D eigenvalue weighted by molar-refractivity contribution is 0.0721. The lowest BCUT2D eigenvalue weighted by atomic mass is 9.62. The second kappa shape index (κ2) is 8.71. The van der Waals surface area contributed by atoms with Crippen molar-refractivity contribution in [3.63, 3.8) is 0 Å². The van der Waals surface area contributed by atoms with E-state index in [0.29, 0.717) is 16.9 Å². The van der Waals surface area contributed by atoms with Gasteiger partial charge in [-0.3, -0.25) is 0 Å². The van der Waals surface area contributed by atoms with E-state index in [9.17, 15) is 0 Å². The first-order valence-electron chi connectivity index (χ1n) is 9.94. The molecule has 0 aromatic carbocycles. The van der Waals surface area contributed by atoms with Crippen LogP contribution in [0.15, 0.2) is 0 Å². The standard InChI is InChI=1S/C21H43N/c1-8-16-22-19-13-15-21(7,20(4,5)6)14-11-9-10-12-17(2)18(19)3/h17-19,22H,8-16H2,1-7H3/t17-,18?,19?,21?/m1/s1. The average molecular weight is 310 g/mol. The Balaban J connectivity index is 2.87. The highest BCUT2D eigenvalue weighted by Crippen LogP contribution is 2.47. The summed E-state index contributed by atoms with van der Waals surface area (Å²) < 4.78 is 0. The normalized spacial score (nSPS) is 35.9. The largest absolute Gasteiger partial charge is 0.314 e. The Morgan fingerprint density at radius 1 is 1.00 bits per heavy atom. The molecule has 1 saturated carbocycles. The minimum absolute atomic E-state index is 0.408. The molecule has 0 aliphatic heterocycles. The van der Waals surface area contributed by atoms with E-state index in [1.807, 2.05) is 0 Å². The molecule has 0 aromatic rings. The fourth-order valence-electron chi connectivity index (χ4n) is 4.05. The van der Waals surface area contributed by atoms with Gasteiger partial charge < -0.3 is 5.32 Å². The Morgan fingerprint density at radius 2 is 1.68 bits per heavy atom. The molecule has 1 rings (SSSR count). The maximum absolute atomic E-state index is 3.88. The van der Waals surface area contributed by atoms with Crippen LogP contribution in [0.5, 0.6) is 0 Å². The summed E-state index contributed by atoms with van der Waals surface area (Å²) in [7, 11) is 0. The lowest BCUT2D eigenvalue weighted by Gasteiger charge is -2.44. The van der Waals surface area contributed by atoms with Crippen molar-refractivity contribution in [3.05, 3.63) is 0 Å². The van der Waals surface area contributed by atoms with E-state index in [-0.39, 0.29) is 0 Å².